The van der Waals surface area contributed by atoms with E-state index in [0.29, 0.717) is 5.52 Å². The molecular weight excluding hydrogens is 238 g/mol. The second-order valence-electron chi connectivity index (χ2n) is 3.86. The first kappa shape index (κ1) is 10.3. The quantitative estimate of drug-likeness (QED) is 0.649. The van der Waals surface area contributed by atoms with Crippen LogP contribution in [0, 0.1) is 0 Å². The molecule has 1 aromatic heterocycles. The maximum Gasteiger partial charge on any atom is 0.310 e. The molecule has 0 unspecified atom stereocenters. The van der Waals surface area contributed by atoms with Crippen molar-refractivity contribution in [3.8, 4) is 0 Å². The lowest BCUT2D eigenvalue weighted by Gasteiger charge is -1.97. The number of fused-ring (bicyclic) bond motifs is 3. The predicted octanol–water partition coefficient (Wildman–Crippen LogP) is 2.57. The molecule has 3 aromatic rings. The highest BCUT2D eigenvalue weighted by molar-refractivity contribution is 7.85. The molecule has 0 fully saturated rings. The Bertz CT molecular complexity index is 818. The Labute approximate surface area is 97.6 Å². The number of aromatic amines is 1. The normalized spacial score (nSPS) is 12.3. The van der Waals surface area contributed by atoms with Crippen molar-refractivity contribution in [3.05, 3.63) is 42.5 Å². The van der Waals surface area contributed by atoms with Gasteiger partial charge in [-0.25, -0.2) is 0 Å². The van der Waals surface area contributed by atoms with Gasteiger partial charge in [0.05, 0.1) is 0 Å². The van der Waals surface area contributed by atoms with Gasteiger partial charge >= 0.3 is 10.1 Å². The molecule has 86 valence electrons. The highest BCUT2D eigenvalue weighted by atomic mass is 32.2. The molecule has 0 radical (unpaired) electrons. The minimum atomic E-state index is -4.19. The average molecular weight is 247 g/mol. The van der Waals surface area contributed by atoms with Crippen LogP contribution in [0.1, 0.15) is 0 Å². The molecule has 2 N–H and O–H groups in total. The number of rotatable bonds is 1. The lowest BCUT2D eigenvalue weighted by Crippen LogP contribution is -1.97. The molecule has 0 saturated carbocycles. The molecule has 0 spiro atoms. The van der Waals surface area contributed by atoms with E-state index in [4.69, 9.17) is 4.55 Å². The number of hydrogen-bond acceptors (Lipinski definition) is 2. The van der Waals surface area contributed by atoms with Gasteiger partial charge < -0.3 is 4.98 Å². The van der Waals surface area contributed by atoms with E-state index in [1.54, 1.807) is 6.07 Å². The van der Waals surface area contributed by atoms with Gasteiger partial charge in [0, 0.05) is 10.9 Å². The molecular formula is C12H9NO3S. The Morgan fingerprint density at radius 3 is 2.53 bits per heavy atom. The van der Waals surface area contributed by atoms with Crippen LogP contribution in [0.4, 0.5) is 0 Å². The lowest BCUT2D eigenvalue weighted by molar-refractivity contribution is 0.480. The van der Waals surface area contributed by atoms with Crippen molar-refractivity contribution >= 4 is 31.8 Å². The second-order valence-corrected chi connectivity index (χ2v) is 5.25. The summed E-state index contributed by atoms with van der Waals surface area (Å²) in [6.07, 6.45) is 0. The fourth-order valence-corrected chi connectivity index (χ4v) is 2.50. The summed E-state index contributed by atoms with van der Waals surface area (Å²) in [5.74, 6) is 0. The maximum absolute atomic E-state index is 11.1. The van der Waals surface area contributed by atoms with Gasteiger partial charge in [-0.1, -0.05) is 30.3 Å². The van der Waals surface area contributed by atoms with Gasteiger partial charge in [0.1, 0.15) is 0 Å². The van der Waals surface area contributed by atoms with E-state index >= 15 is 0 Å². The van der Waals surface area contributed by atoms with Gasteiger partial charge in [0.2, 0.25) is 0 Å². The van der Waals surface area contributed by atoms with Crippen molar-refractivity contribution < 1.29 is 13.0 Å². The molecule has 3 rings (SSSR count). The van der Waals surface area contributed by atoms with Gasteiger partial charge in [-0.15, -0.1) is 0 Å². The van der Waals surface area contributed by atoms with E-state index in [-0.39, 0.29) is 5.03 Å². The first-order chi connectivity index (χ1) is 8.05. The van der Waals surface area contributed by atoms with Crippen LogP contribution >= 0.6 is 0 Å². The van der Waals surface area contributed by atoms with E-state index in [1.165, 1.54) is 6.07 Å². The first-order valence-corrected chi connectivity index (χ1v) is 6.48. The zero-order chi connectivity index (χ0) is 12.0. The number of hydrogen-bond donors (Lipinski definition) is 2. The number of nitrogens with one attached hydrogen (secondary N) is 1. The van der Waals surface area contributed by atoms with Crippen LogP contribution < -0.4 is 0 Å². The van der Waals surface area contributed by atoms with Gasteiger partial charge in [-0.3, -0.25) is 4.55 Å². The van der Waals surface area contributed by atoms with Crippen LogP contribution in [0.3, 0.4) is 0 Å². The van der Waals surface area contributed by atoms with Crippen molar-refractivity contribution in [2.24, 2.45) is 0 Å². The summed E-state index contributed by atoms with van der Waals surface area (Å²) in [6, 6.07) is 12.8. The summed E-state index contributed by atoms with van der Waals surface area (Å²) in [6.45, 7) is 0. The largest absolute Gasteiger partial charge is 0.344 e. The van der Waals surface area contributed by atoms with E-state index in [0.717, 1.165) is 16.2 Å². The molecule has 0 atom stereocenters. The predicted molar refractivity (Wildman–Crippen MR) is 65.6 cm³/mol. The lowest BCUT2D eigenvalue weighted by atomic mass is 10.1. The summed E-state index contributed by atoms with van der Waals surface area (Å²) in [4.78, 5) is 2.69. The molecule has 1 heterocycles. The molecule has 5 heteroatoms. The van der Waals surface area contributed by atoms with Crippen LogP contribution in [-0.4, -0.2) is 18.0 Å². The van der Waals surface area contributed by atoms with E-state index in [9.17, 15) is 8.42 Å². The fourth-order valence-electron chi connectivity index (χ4n) is 2.00. The molecule has 17 heavy (non-hydrogen) atoms. The van der Waals surface area contributed by atoms with Crippen LogP contribution in [0.5, 0.6) is 0 Å². The van der Waals surface area contributed by atoms with Crippen LogP contribution in [0.2, 0.25) is 0 Å². The summed E-state index contributed by atoms with van der Waals surface area (Å²) in [5, 5.41) is 2.59. The van der Waals surface area contributed by atoms with Crippen LogP contribution in [-0.2, 0) is 10.1 Å². The van der Waals surface area contributed by atoms with Crippen LogP contribution in [0.25, 0.3) is 21.7 Å². The third-order valence-electron chi connectivity index (χ3n) is 2.78. The Hall–Kier alpha value is -1.85. The van der Waals surface area contributed by atoms with Crippen molar-refractivity contribution in [1.29, 1.82) is 0 Å². The van der Waals surface area contributed by atoms with Gasteiger partial charge in [-0.2, -0.15) is 8.42 Å². The monoisotopic (exact) mass is 247 g/mol. The molecule has 4 nitrogen and oxygen atoms in total. The summed E-state index contributed by atoms with van der Waals surface area (Å²) in [7, 11) is -4.19. The summed E-state index contributed by atoms with van der Waals surface area (Å²) < 4.78 is 31.1. The minimum Gasteiger partial charge on any atom is -0.344 e. The molecule has 0 amide bonds. The minimum absolute atomic E-state index is 0.177. The van der Waals surface area contributed by atoms with Crippen molar-refractivity contribution in [1.82, 2.24) is 4.98 Å². The standard InChI is InChI=1S/C12H9NO3S/c14-17(15,16)12-7-10-9-4-2-1-3-8(9)5-6-11(10)13-12/h1-7,13H,(H,14,15,16). The highest BCUT2D eigenvalue weighted by Crippen LogP contribution is 2.27. The summed E-state index contributed by atoms with van der Waals surface area (Å²) in [5.41, 5.74) is 0.691. The highest BCUT2D eigenvalue weighted by Gasteiger charge is 2.13. The molecule has 0 aliphatic carbocycles. The Kier molecular flexibility index (Phi) is 2.01. The zero-order valence-corrected chi connectivity index (χ0v) is 9.53. The van der Waals surface area contributed by atoms with Crippen LogP contribution in [0.15, 0.2) is 47.5 Å². The van der Waals surface area contributed by atoms with E-state index in [1.807, 2.05) is 30.3 Å². The Morgan fingerprint density at radius 2 is 1.76 bits per heavy atom. The zero-order valence-electron chi connectivity index (χ0n) is 8.71. The average Bonchev–Trinajstić information content (AvgIpc) is 2.72. The van der Waals surface area contributed by atoms with Gasteiger partial charge in [-0.05, 0) is 22.9 Å². The second kappa shape index (κ2) is 3.32. The number of H-pyrrole nitrogens is 1. The third kappa shape index (κ3) is 1.60. The molecule has 0 bridgehead atoms. The molecule has 0 aliphatic rings. The van der Waals surface area contributed by atoms with E-state index < -0.39 is 10.1 Å². The van der Waals surface area contributed by atoms with Gasteiger partial charge in [0.25, 0.3) is 0 Å². The Morgan fingerprint density at radius 1 is 1.00 bits per heavy atom. The fraction of sp³-hybridized carbons (Fsp3) is 0. The van der Waals surface area contributed by atoms with E-state index in [2.05, 4.69) is 4.98 Å². The topological polar surface area (TPSA) is 70.2 Å². The van der Waals surface area contributed by atoms with Crippen molar-refractivity contribution in [2.75, 3.05) is 0 Å². The molecule has 2 aromatic carbocycles. The van der Waals surface area contributed by atoms with Crippen molar-refractivity contribution in [2.45, 2.75) is 5.03 Å². The molecule has 0 saturated heterocycles. The third-order valence-corrected chi connectivity index (χ3v) is 3.56. The maximum atomic E-state index is 11.1. The van der Waals surface area contributed by atoms with Crippen molar-refractivity contribution in [3.63, 3.8) is 0 Å². The molecule has 0 aliphatic heterocycles. The summed E-state index contributed by atoms with van der Waals surface area (Å²) >= 11 is 0. The SMILES string of the molecule is O=S(=O)(O)c1cc2c(ccc3ccccc32)[nH]1. The number of benzene rings is 2. The smallest absolute Gasteiger partial charge is 0.310 e. The Balaban J connectivity index is 2.47. The number of aromatic nitrogens is 1. The first-order valence-electron chi connectivity index (χ1n) is 5.04. The van der Waals surface area contributed by atoms with Gasteiger partial charge in [0.15, 0.2) is 5.03 Å².